The Balaban J connectivity index is 2.26. The number of carbonyl (C=O) groups excluding carboxylic acids is 1. The zero-order valence-corrected chi connectivity index (χ0v) is 11.9. The Morgan fingerprint density at radius 2 is 1.81 bits per heavy atom. The topological polar surface area (TPSA) is 112 Å². The number of aromatic nitrogens is 3. The largest absolute Gasteiger partial charge is 0.481 e. The highest BCUT2D eigenvalue weighted by Crippen LogP contribution is 2.19. The molecule has 2 aromatic heterocycles. The third kappa shape index (κ3) is 3.35. The van der Waals surface area contributed by atoms with Crippen LogP contribution in [0.2, 0.25) is 0 Å². The summed E-state index contributed by atoms with van der Waals surface area (Å²) in [5, 5.41) is 2.53. The van der Waals surface area contributed by atoms with Gasteiger partial charge in [-0.2, -0.15) is 9.97 Å². The molecule has 0 unspecified atom stereocenters. The Kier molecular flexibility index (Phi) is 4.17. The molecular formula is C13H15N5O3. The van der Waals surface area contributed by atoms with Gasteiger partial charge in [0.1, 0.15) is 0 Å². The van der Waals surface area contributed by atoms with Crippen molar-refractivity contribution in [2.45, 2.75) is 6.92 Å². The Bertz CT molecular complexity index is 653. The van der Waals surface area contributed by atoms with E-state index in [4.69, 9.17) is 15.2 Å². The summed E-state index contributed by atoms with van der Waals surface area (Å²) in [6.45, 7) is 1.79. The number of carbonyl (C=O) groups is 1. The Morgan fingerprint density at radius 3 is 2.33 bits per heavy atom. The summed E-state index contributed by atoms with van der Waals surface area (Å²) < 4.78 is 10.0. The van der Waals surface area contributed by atoms with E-state index < -0.39 is 5.91 Å². The first-order chi connectivity index (χ1) is 10.0. The molecule has 3 N–H and O–H groups in total. The van der Waals surface area contributed by atoms with E-state index in [0.717, 1.165) is 5.69 Å². The molecule has 110 valence electrons. The minimum Gasteiger partial charge on any atom is -0.481 e. The van der Waals surface area contributed by atoms with Crippen LogP contribution in [0.5, 0.6) is 11.8 Å². The molecule has 0 aromatic carbocycles. The number of nitrogens with zero attached hydrogens (tertiary/aromatic N) is 3. The number of nitrogen functional groups attached to an aromatic ring is 1. The molecule has 0 aliphatic heterocycles. The Labute approximate surface area is 121 Å². The number of anilines is 2. The molecule has 1 amide bonds. The molecule has 8 heteroatoms. The second kappa shape index (κ2) is 6.04. The first-order valence-electron chi connectivity index (χ1n) is 6.04. The van der Waals surface area contributed by atoms with Gasteiger partial charge in [-0.15, -0.1) is 0 Å². The minimum atomic E-state index is -0.463. The van der Waals surface area contributed by atoms with Crippen LogP contribution in [0.15, 0.2) is 18.3 Å². The van der Waals surface area contributed by atoms with Crippen LogP contribution in [0.25, 0.3) is 0 Å². The van der Waals surface area contributed by atoms with Gasteiger partial charge in [0, 0.05) is 17.6 Å². The number of pyridine rings is 1. The molecule has 0 saturated carbocycles. The van der Waals surface area contributed by atoms with Crippen LogP contribution in [0.3, 0.4) is 0 Å². The summed E-state index contributed by atoms with van der Waals surface area (Å²) in [5.41, 5.74) is 7.09. The van der Waals surface area contributed by atoms with Gasteiger partial charge < -0.3 is 15.2 Å². The van der Waals surface area contributed by atoms with Gasteiger partial charge in [-0.05, 0) is 13.0 Å². The number of nitrogens with two attached hydrogens (primary N) is 1. The lowest BCUT2D eigenvalue weighted by Crippen LogP contribution is -2.17. The molecule has 0 aliphatic carbocycles. The van der Waals surface area contributed by atoms with Gasteiger partial charge in [0.15, 0.2) is 0 Å². The van der Waals surface area contributed by atoms with Crippen molar-refractivity contribution in [3.8, 4) is 11.8 Å². The summed E-state index contributed by atoms with van der Waals surface area (Å²) in [6, 6.07) is 3.11. The van der Waals surface area contributed by atoms with Crippen LogP contribution in [-0.4, -0.2) is 35.1 Å². The second-order valence-corrected chi connectivity index (χ2v) is 4.14. The molecular weight excluding hydrogens is 274 g/mol. The molecule has 0 bridgehead atoms. The van der Waals surface area contributed by atoms with Crippen molar-refractivity contribution in [2.75, 3.05) is 25.3 Å². The molecule has 21 heavy (non-hydrogen) atoms. The lowest BCUT2D eigenvalue weighted by molar-refractivity contribution is 0.102. The van der Waals surface area contributed by atoms with E-state index in [-0.39, 0.29) is 23.3 Å². The molecule has 0 saturated heterocycles. The van der Waals surface area contributed by atoms with Crippen LogP contribution in [0.4, 0.5) is 11.6 Å². The van der Waals surface area contributed by atoms with E-state index >= 15 is 0 Å². The average Bonchev–Trinajstić information content (AvgIpc) is 2.46. The van der Waals surface area contributed by atoms with Crippen molar-refractivity contribution >= 4 is 17.5 Å². The predicted molar refractivity (Wildman–Crippen MR) is 76.5 cm³/mol. The molecule has 0 atom stereocenters. The average molecular weight is 289 g/mol. The van der Waals surface area contributed by atoms with Gasteiger partial charge in [-0.3, -0.25) is 15.1 Å². The fourth-order valence-corrected chi connectivity index (χ4v) is 1.61. The summed E-state index contributed by atoms with van der Waals surface area (Å²) in [6.07, 6.45) is 1.40. The van der Waals surface area contributed by atoms with E-state index in [0.29, 0.717) is 5.69 Å². The van der Waals surface area contributed by atoms with Crippen LogP contribution >= 0.6 is 0 Å². The molecule has 0 radical (unpaired) electrons. The smallest absolute Gasteiger partial charge is 0.261 e. The fraction of sp³-hybridized carbons (Fsp3) is 0.231. The van der Waals surface area contributed by atoms with Gasteiger partial charge in [-0.1, -0.05) is 0 Å². The molecule has 8 nitrogen and oxygen atoms in total. The van der Waals surface area contributed by atoms with Crippen LogP contribution < -0.4 is 20.5 Å². The summed E-state index contributed by atoms with van der Waals surface area (Å²) in [5.74, 6) is 0.130. The maximum absolute atomic E-state index is 12.2. The Hall–Kier alpha value is -2.90. The molecule has 0 fully saturated rings. The van der Waals surface area contributed by atoms with Crippen LogP contribution in [0, 0.1) is 6.92 Å². The quantitative estimate of drug-likeness (QED) is 0.864. The minimum absolute atomic E-state index is 0.0520. The number of methoxy groups -OCH3 is 2. The maximum Gasteiger partial charge on any atom is 0.261 e. The van der Waals surface area contributed by atoms with Crippen molar-refractivity contribution < 1.29 is 14.3 Å². The predicted octanol–water partition coefficient (Wildman–Crippen LogP) is 1.03. The number of amides is 1. The van der Waals surface area contributed by atoms with E-state index in [1.165, 1.54) is 26.5 Å². The normalized spacial score (nSPS) is 10.0. The van der Waals surface area contributed by atoms with Gasteiger partial charge in [-0.25, -0.2) is 0 Å². The van der Waals surface area contributed by atoms with Crippen molar-refractivity contribution in [3.05, 3.63) is 29.6 Å². The number of nitrogens with one attached hydrogen (secondary N) is 1. The van der Waals surface area contributed by atoms with E-state index in [1.807, 2.05) is 0 Å². The summed E-state index contributed by atoms with van der Waals surface area (Å²) in [4.78, 5) is 24.2. The summed E-state index contributed by atoms with van der Waals surface area (Å²) in [7, 11) is 2.91. The van der Waals surface area contributed by atoms with Crippen LogP contribution in [0.1, 0.15) is 16.1 Å². The third-order valence-electron chi connectivity index (χ3n) is 2.64. The first kappa shape index (κ1) is 14.5. The highest BCUT2D eigenvalue weighted by Gasteiger charge is 2.14. The van der Waals surface area contributed by atoms with Gasteiger partial charge >= 0.3 is 0 Å². The molecule has 2 rings (SSSR count). The highest BCUT2D eigenvalue weighted by molar-refractivity contribution is 6.06. The number of hydrogen-bond donors (Lipinski definition) is 2. The fourth-order valence-electron chi connectivity index (χ4n) is 1.61. The molecule has 2 heterocycles. The van der Waals surface area contributed by atoms with Crippen molar-refractivity contribution in [2.24, 2.45) is 0 Å². The molecule has 0 spiro atoms. The van der Waals surface area contributed by atoms with Gasteiger partial charge in [0.05, 0.1) is 25.8 Å². The standard InChI is InChI=1S/C13H15N5O3/c1-7-4-9(14)8(6-15-7)12(19)18-13-16-10(20-2)5-11(17-13)21-3/h4-6H,1-3H3,(H2,14,15)(H,16,17,18,19). The lowest BCUT2D eigenvalue weighted by atomic mass is 10.2. The number of rotatable bonds is 4. The third-order valence-corrected chi connectivity index (χ3v) is 2.64. The summed E-state index contributed by atoms with van der Waals surface area (Å²) >= 11 is 0. The van der Waals surface area contributed by atoms with Gasteiger partial charge in [0.2, 0.25) is 17.7 Å². The van der Waals surface area contributed by atoms with Crippen molar-refractivity contribution in [3.63, 3.8) is 0 Å². The van der Waals surface area contributed by atoms with Crippen molar-refractivity contribution in [1.29, 1.82) is 0 Å². The second-order valence-electron chi connectivity index (χ2n) is 4.14. The monoisotopic (exact) mass is 289 g/mol. The maximum atomic E-state index is 12.2. The van der Waals surface area contributed by atoms with E-state index in [1.54, 1.807) is 13.0 Å². The number of ether oxygens (including phenoxy) is 2. The SMILES string of the molecule is COc1cc(OC)nc(NC(=O)c2cnc(C)cc2N)n1. The Morgan fingerprint density at radius 1 is 1.19 bits per heavy atom. The number of hydrogen-bond acceptors (Lipinski definition) is 7. The molecule has 2 aromatic rings. The van der Waals surface area contributed by atoms with Crippen molar-refractivity contribution in [1.82, 2.24) is 15.0 Å². The van der Waals surface area contributed by atoms with E-state index in [9.17, 15) is 4.79 Å². The zero-order valence-electron chi connectivity index (χ0n) is 11.9. The first-order valence-corrected chi connectivity index (χ1v) is 6.04. The van der Waals surface area contributed by atoms with Crippen LogP contribution in [-0.2, 0) is 0 Å². The lowest BCUT2D eigenvalue weighted by Gasteiger charge is -2.09. The number of aryl methyl sites for hydroxylation is 1. The van der Waals surface area contributed by atoms with Gasteiger partial charge in [0.25, 0.3) is 5.91 Å². The molecule has 0 aliphatic rings. The highest BCUT2D eigenvalue weighted by atomic mass is 16.5. The van der Waals surface area contributed by atoms with E-state index in [2.05, 4.69) is 20.3 Å². The zero-order chi connectivity index (χ0) is 15.4.